The number of hydrogen-bond donors (Lipinski definition) is 1. The normalized spacial score (nSPS) is 11.9. The Bertz CT molecular complexity index is 374. The number of benzene rings is 1. The fraction of sp³-hybridized carbons (Fsp3) is 0.333. The molecule has 0 saturated carbocycles. The van der Waals surface area contributed by atoms with Crippen LogP contribution in [-0.4, -0.2) is 11.7 Å². The van der Waals surface area contributed by atoms with Crippen molar-refractivity contribution in [1.82, 2.24) is 0 Å². The van der Waals surface area contributed by atoms with Gasteiger partial charge in [-0.1, -0.05) is 33.2 Å². The molecular weight excluding hydrogens is 246 g/mol. The molecule has 0 saturated heterocycles. The van der Waals surface area contributed by atoms with Crippen LogP contribution >= 0.6 is 15.9 Å². The van der Waals surface area contributed by atoms with Crippen LogP contribution in [0.25, 0.3) is 10.4 Å². The predicted octanol–water partition coefficient (Wildman–Crippen LogP) is 3.10. The molecule has 14 heavy (non-hydrogen) atoms. The van der Waals surface area contributed by atoms with Gasteiger partial charge >= 0.3 is 0 Å². The van der Waals surface area contributed by atoms with E-state index in [9.17, 15) is 0 Å². The molecule has 1 N–H and O–H groups in total. The van der Waals surface area contributed by atoms with Gasteiger partial charge in [-0.15, -0.1) is 0 Å². The summed E-state index contributed by atoms with van der Waals surface area (Å²) in [5.41, 5.74) is 10.2. The lowest BCUT2D eigenvalue weighted by Crippen LogP contribution is -2.02. The van der Waals surface area contributed by atoms with Crippen LogP contribution in [0.4, 0.5) is 0 Å². The maximum Gasteiger partial charge on any atom is 0.0859 e. The highest BCUT2D eigenvalue weighted by molar-refractivity contribution is 9.10. The maximum absolute atomic E-state index is 9.05. The van der Waals surface area contributed by atoms with Crippen molar-refractivity contribution in [2.45, 2.75) is 13.0 Å². The highest BCUT2D eigenvalue weighted by Crippen LogP contribution is 2.26. The molecule has 0 fully saturated rings. The number of halogens is 1. The average Bonchev–Trinajstić information content (AvgIpc) is 2.19. The van der Waals surface area contributed by atoms with E-state index >= 15 is 0 Å². The van der Waals surface area contributed by atoms with Crippen LogP contribution in [0.3, 0.4) is 0 Å². The molecule has 0 aliphatic carbocycles. The van der Waals surface area contributed by atoms with Gasteiger partial charge in [-0.05, 0) is 29.6 Å². The van der Waals surface area contributed by atoms with Crippen molar-refractivity contribution in [3.63, 3.8) is 0 Å². The number of azide groups is 1. The van der Waals surface area contributed by atoms with Crippen molar-refractivity contribution >= 4 is 15.9 Å². The van der Waals surface area contributed by atoms with Crippen molar-refractivity contribution in [2.75, 3.05) is 6.61 Å². The Morgan fingerprint density at radius 2 is 2.36 bits per heavy atom. The van der Waals surface area contributed by atoms with Gasteiger partial charge in [-0.25, -0.2) is 0 Å². The van der Waals surface area contributed by atoms with E-state index in [0.29, 0.717) is 0 Å². The summed E-state index contributed by atoms with van der Waals surface area (Å²) in [5.74, 6) is 0. The summed E-state index contributed by atoms with van der Waals surface area (Å²) < 4.78 is 0.946. The van der Waals surface area contributed by atoms with Crippen LogP contribution in [0.2, 0.25) is 0 Å². The van der Waals surface area contributed by atoms with Gasteiger partial charge in [-0.3, -0.25) is 0 Å². The summed E-state index contributed by atoms with van der Waals surface area (Å²) in [5, 5.41) is 12.6. The second-order valence-electron chi connectivity index (χ2n) is 2.86. The fourth-order valence-electron chi connectivity index (χ4n) is 1.24. The van der Waals surface area contributed by atoms with Gasteiger partial charge in [0.1, 0.15) is 0 Å². The molecule has 0 spiro atoms. The van der Waals surface area contributed by atoms with E-state index < -0.39 is 6.04 Å². The zero-order valence-electron chi connectivity index (χ0n) is 7.68. The van der Waals surface area contributed by atoms with E-state index in [1.165, 1.54) is 0 Å². The molecule has 0 radical (unpaired) electrons. The minimum Gasteiger partial charge on any atom is -0.396 e. The predicted molar refractivity (Wildman–Crippen MR) is 57.9 cm³/mol. The van der Waals surface area contributed by atoms with E-state index in [-0.39, 0.29) is 6.61 Å². The third kappa shape index (κ3) is 2.26. The zero-order valence-corrected chi connectivity index (χ0v) is 9.27. The first kappa shape index (κ1) is 11.0. The van der Waals surface area contributed by atoms with Crippen LogP contribution in [0.1, 0.15) is 17.2 Å². The summed E-state index contributed by atoms with van der Waals surface area (Å²) in [6, 6.07) is 5.10. The van der Waals surface area contributed by atoms with Gasteiger partial charge in [-0.2, -0.15) is 0 Å². The first-order valence-electron chi connectivity index (χ1n) is 4.10. The molecular formula is C9H10BrN3O. The van der Waals surface area contributed by atoms with E-state index in [2.05, 4.69) is 26.0 Å². The summed E-state index contributed by atoms with van der Waals surface area (Å²) >= 11 is 3.38. The molecule has 0 amide bonds. The molecule has 1 rings (SSSR count). The molecule has 4 nitrogen and oxygen atoms in total. The molecule has 0 aliphatic rings. The summed E-state index contributed by atoms with van der Waals surface area (Å²) in [7, 11) is 0. The third-order valence-corrected chi connectivity index (χ3v) is 2.89. The van der Waals surface area contributed by atoms with Gasteiger partial charge in [0.25, 0.3) is 0 Å². The second-order valence-corrected chi connectivity index (χ2v) is 3.71. The molecule has 0 aromatic heterocycles. The first-order valence-corrected chi connectivity index (χ1v) is 4.90. The molecule has 0 bridgehead atoms. The van der Waals surface area contributed by atoms with Crippen molar-refractivity contribution in [2.24, 2.45) is 5.11 Å². The quantitative estimate of drug-likeness (QED) is 0.503. The van der Waals surface area contributed by atoms with Crippen molar-refractivity contribution in [3.05, 3.63) is 44.2 Å². The Hall–Kier alpha value is -1.03. The summed E-state index contributed by atoms with van der Waals surface area (Å²) in [4.78, 5) is 2.70. The Morgan fingerprint density at radius 1 is 1.64 bits per heavy atom. The monoisotopic (exact) mass is 255 g/mol. The topological polar surface area (TPSA) is 69.0 Å². The van der Waals surface area contributed by atoms with Crippen LogP contribution in [-0.2, 0) is 0 Å². The van der Waals surface area contributed by atoms with Crippen LogP contribution in [0, 0.1) is 6.92 Å². The van der Waals surface area contributed by atoms with E-state index in [1.54, 1.807) is 0 Å². The Morgan fingerprint density at radius 3 is 2.93 bits per heavy atom. The van der Waals surface area contributed by atoms with E-state index in [1.807, 2.05) is 25.1 Å². The van der Waals surface area contributed by atoms with Crippen molar-refractivity contribution in [1.29, 1.82) is 0 Å². The van der Waals surface area contributed by atoms with E-state index in [4.69, 9.17) is 10.6 Å². The fourth-order valence-corrected chi connectivity index (χ4v) is 1.63. The minimum absolute atomic E-state index is 0.179. The third-order valence-electron chi connectivity index (χ3n) is 2.03. The number of hydrogen-bond acceptors (Lipinski definition) is 2. The van der Waals surface area contributed by atoms with Gasteiger partial charge in [0.15, 0.2) is 0 Å². The van der Waals surface area contributed by atoms with Gasteiger partial charge < -0.3 is 5.11 Å². The highest BCUT2D eigenvalue weighted by Gasteiger charge is 2.11. The molecule has 74 valence electrons. The molecule has 5 heteroatoms. The molecule has 0 heterocycles. The number of aliphatic hydroxyl groups excluding tert-OH is 1. The average molecular weight is 256 g/mol. The van der Waals surface area contributed by atoms with Crippen LogP contribution < -0.4 is 0 Å². The van der Waals surface area contributed by atoms with Crippen LogP contribution in [0.5, 0.6) is 0 Å². The van der Waals surface area contributed by atoms with E-state index in [0.717, 1.165) is 15.6 Å². The molecule has 1 aromatic carbocycles. The number of rotatable bonds is 3. The lowest BCUT2D eigenvalue weighted by molar-refractivity contribution is 0.267. The molecule has 1 atom stereocenters. The minimum atomic E-state index is -0.502. The summed E-state index contributed by atoms with van der Waals surface area (Å²) in [6.45, 7) is 1.73. The van der Waals surface area contributed by atoms with Gasteiger partial charge in [0.2, 0.25) is 0 Å². The van der Waals surface area contributed by atoms with Crippen molar-refractivity contribution in [3.8, 4) is 0 Å². The van der Waals surface area contributed by atoms with Gasteiger partial charge in [0, 0.05) is 9.38 Å². The molecule has 1 unspecified atom stereocenters. The first-order chi connectivity index (χ1) is 6.70. The highest BCUT2D eigenvalue weighted by atomic mass is 79.9. The number of aliphatic hydroxyl groups is 1. The van der Waals surface area contributed by atoms with Gasteiger partial charge in [0.05, 0.1) is 12.6 Å². The lowest BCUT2D eigenvalue weighted by Gasteiger charge is -2.12. The SMILES string of the molecule is Cc1c(Br)cccc1C(CO)N=[N+]=[N-]. The largest absolute Gasteiger partial charge is 0.396 e. The molecule has 0 aliphatic heterocycles. The standard InChI is InChI=1S/C9H10BrN3O/c1-6-7(3-2-4-8(6)10)9(5-14)12-13-11/h2-4,9,14H,5H2,1H3. The Kier molecular flexibility index (Phi) is 3.95. The maximum atomic E-state index is 9.05. The number of nitrogens with zero attached hydrogens (tertiary/aromatic N) is 3. The second kappa shape index (κ2) is 5.00. The summed E-state index contributed by atoms with van der Waals surface area (Å²) in [6.07, 6.45) is 0. The van der Waals surface area contributed by atoms with Crippen LogP contribution in [0.15, 0.2) is 27.8 Å². The smallest absolute Gasteiger partial charge is 0.0859 e. The molecule has 1 aromatic rings. The lowest BCUT2D eigenvalue weighted by atomic mass is 10.0. The zero-order chi connectivity index (χ0) is 10.6. The Labute approximate surface area is 90.3 Å². The van der Waals surface area contributed by atoms with Crippen molar-refractivity contribution < 1.29 is 5.11 Å². The Balaban J connectivity index is 3.16.